The van der Waals surface area contributed by atoms with Gasteiger partial charge in [-0.1, -0.05) is 0 Å². The van der Waals surface area contributed by atoms with Gasteiger partial charge in [0.1, 0.15) is 5.54 Å². The number of imide groups is 1. The van der Waals surface area contributed by atoms with Crippen molar-refractivity contribution < 1.29 is 19.5 Å². The van der Waals surface area contributed by atoms with Gasteiger partial charge in [0, 0.05) is 39.0 Å². The maximum absolute atomic E-state index is 11.4. The number of likely N-dealkylation sites (tertiary alicyclic amines) is 2. The standard InChI is InChI=1S/C11H17N3O4/c12-11(10(17)18)3-4-13(7-11)5-6-14-8(15)1-2-9(14)16/h1-7,12H2,(H,17,18). The van der Waals surface area contributed by atoms with Gasteiger partial charge < -0.3 is 10.8 Å². The molecule has 0 aromatic heterocycles. The van der Waals surface area contributed by atoms with Crippen molar-refractivity contribution in [3.63, 3.8) is 0 Å². The number of carbonyl (C=O) groups excluding carboxylic acids is 2. The first kappa shape index (κ1) is 13.0. The monoisotopic (exact) mass is 255 g/mol. The van der Waals surface area contributed by atoms with Crippen molar-refractivity contribution >= 4 is 17.8 Å². The normalized spacial score (nSPS) is 29.3. The smallest absolute Gasteiger partial charge is 0.325 e. The third-order valence-corrected chi connectivity index (χ3v) is 3.60. The molecule has 7 heteroatoms. The van der Waals surface area contributed by atoms with Gasteiger partial charge in [-0.05, 0) is 6.42 Å². The Balaban J connectivity index is 1.84. The highest BCUT2D eigenvalue weighted by molar-refractivity contribution is 6.01. The number of hydrogen-bond acceptors (Lipinski definition) is 5. The topological polar surface area (TPSA) is 104 Å². The van der Waals surface area contributed by atoms with Crippen LogP contribution in [0.2, 0.25) is 0 Å². The van der Waals surface area contributed by atoms with Gasteiger partial charge >= 0.3 is 5.97 Å². The third-order valence-electron chi connectivity index (χ3n) is 3.60. The fraction of sp³-hybridized carbons (Fsp3) is 0.727. The van der Waals surface area contributed by atoms with Crippen molar-refractivity contribution in [1.29, 1.82) is 0 Å². The lowest BCUT2D eigenvalue weighted by molar-refractivity contribution is -0.143. The van der Waals surface area contributed by atoms with E-state index in [2.05, 4.69) is 0 Å². The van der Waals surface area contributed by atoms with Crippen LogP contribution in [-0.2, 0) is 14.4 Å². The summed E-state index contributed by atoms with van der Waals surface area (Å²) in [6.45, 7) is 1.66. The van der Waals surface area contributed by atoms with E-state index in [1.165, 1.54) is 4.90 Å². The van der Waals surface area contributed by atoms with Crippen LogP contribution in [0.1, 0.15) is 19.3 Å². The number of carboxylic acids is 1. The van der Waals surface area contributed by atoms with Crippen LogP contribution in [0.4, 0.5) is 0 Å². The first-order chi connectivity index (χ1) is 8.42. The van der Waals surface area contributed by atoms with Crippen LogP contribution < -0.4 is 5.73 Å². The van der Waals surface area contributed by atoms with E-state index in [-0.39, 0.29) is 31.2 Å². The van der Waals surface area contributed by atoms with E-state index < -0.39 is 11.5 Å². The van der Waals surface area contributed by atoms with Gasteiger partial charge in [0.05, 0.1) is 0 Å². The van der Waals surface area contributed by atoms with Crippen molar-refractivity contribution in [3.05, 3.63) is 0 Å². The summed E-state index contributed by atoms with van der Waals surface area (Å²) in [6, 6.07) is 0. The molecule has 2 heterocycles. The largest absolute Gasteiger partial charge is 0.480 e. The molecular weight excluding hydrogens is 238 g/mol. The molecule has 0 spiro atoms. The Morgan fingerprint density at radius 2 is 1.89 bits per heavy atom. The van der Waals surface area contributed by atoms with Crippen LogP contribution in [0.3, 0.4) is 0 Å². The molecule has 2 amide bonds. The number of aliphatic carboxylic acids is 1. The highest BCUT2D eigenvalue weighted by Gasteiger charge is 2.41. The Morgan fingerprint density at radius 1 is 1.28 bits per heavy atom. The van der Waals surface area contributed by atoms with Crippen molar-refractivity contribution in [2.75, 3.05) is 26.2 Å². The maximum atomic E-state index is 11.4. The summed E-state index contributed by atoms with van der Waals surface area (Å²) in [5.41, 5.74) is 4.55. The zero-order chi connectivity index (χ0) is 13.3. The van der Waals surface area contributed by atoms with Crippen LogP contribution in [0.25, 0.3) is 0 Å². The molecule has 100 valence electrons. The first-order valence-corrected chi connectivity index (χ1v) is 6.00. The Bertz CT molecular complexity index is 382. The molecule has 2 rings (SSSR count). The average Bonchev–Trinajstić information content (AvgIpc) is 2.83. The Morgan fingerprint density at radius 3 is 2.39 bits per heavy atom. The number of carboxylic acid groups (broad SMARTS) is 1. The second kappa shape index (κ2) is 4.66. The summed E-state index contributed by atoms with van der Waals surface area (Å²) in [6.07, 6.45) is 0.966. The second-order valence-electron chi connectivity index (χ2n) is 4.93. The molecule has 2 fully saturated rings. The summed E-state index contributed by atoms with van der Waals surface area (Å²) in [7, 11) is 0. The molecular formula is C11H17N3O4. The van der Waals surface area contributed by atoms with E-state index in [0.717, 1.165) is 0 Å². The summed E-state index contributed by atoms with van der Waals surface area (Å²) >= 11 is 0. The predicted octanol–water partition coefficient (Wildman–Crippen LogP) is -1.38. The minimum Gasteiger partial charge on any atom is -0.480 e. The lowest BCUT2D eigenvalue weighted by Crippen LogP contribution is -2.50. The summed E-state index contributed by atoms with van der Waals surface area (Å²) in [4.78, 5) is 36.9. The van der Waals surface area contributed by atoms with Crippen LogP contribution in [0.5, 0.6) is 0 Å². The molecule has 7 nitrogen and oxygen atoms in total. The first-order valence-electron chi connectivity index (χ1n) is 6.00. The Labute approximate surface area is 105 Å². The Hall–Kier alpha value is -1.47. The van der Waals surface area contributed by atoms with Crippen molar-refractivity contribution in [3.8, 4) is 0 Å². The molecule has 0 saturated carbocycles. The lowest BCUT2D eigenvalue weighted by atomic mass is 10.0. The van der Waals surface area contributed by atoms with E-state index in [1.807, 2.05) is 4.90 Å². The minimum absolute atomic E-state index is 0.142. The number of nitrogens with zero attached hydrogens (tertiary/aromatic N) is 2. The van der Waals surface area contributed by atoms with Crippen molar-refractivity contribution in [1.82, 2.24) is 9.80 Å². The van der Waals surface area contributed by atoms with Crippen LogP contribution in [0, 0.1) is 0 Å². The fourth-order valence-corrected chi connectivity index (χ4v) is 2.39. The Kier molecular flexibility index (Phi) is 3.36. The number of rotatable bonds is 4. The van der Waals surface area contributed by atoms with E-state index in [1.54, 1.807) is 0 Å². The minimum atomic E-state index is -1.20. The number of carbonyl (C=O) groups is 3. The molecule has 0 bridgehead atoms. The van der Waals surface area contributed by atoms with Crippen LogP contribution in [0.15, 0.2) is 0 Å². The van der Waals surface area contributed by atoms with E-state index in [4.69, 9.17) is 10.8 Å². The molecule has 2 aliphatic heterocycles. The highest BCUT2D eigenvalue weighted by Crippen LogP contribution is 2.19. The lowest BCUT2D eigenvalue weighted by Gasteiger charge is -2.22. The van der Waals surface area contributed by atoms with Crippen LogP contribution >= 0.6 is 0 Å². The molecule has 3 N–H and O–H groups in total. The molecule has 0 aliphatic carbocycles. The molecule has 18 heavy (non-hydrogen) atoms. The summed E-state index contributed by atoms with van der Waals surface area (Å²) in [5, 5.41) is 8.98. The van der Waals surface area contributed by atoms with Gasteiger partial charge in [-0.3, -0.25) is 24.2 Å². The van der Waals surface area contributed by atoms with Gasteiger partial charge in [-0.15, -0.1) is 0 Å². The highest BCUT2D eigenvalue weighted by atomic mass is 16.4. The predicted molar refractivity (Wildman–Crippen MR) is 61.6 cm³/mol. The zero-order valence-electron chi connectivity index (χ0n) is 10.1. The molecule has 0 aromatic carbocycles. The summed E-state index contributed by atoms with van der Waals surface area (Å²) < 4.78 is 0. The van der Waals surface area contributed by atoms with Crippen molar-refractivity contribution in [2.24, 2.45) is 5.73 Å². The summed E-state index contributed by atoms with van der Waals surface area (Å²) in [5.74, 6) is -1.29. The third kappa shape index (κ3) is 2.37. The molecule has 1 atom stereocenters. The van der Waals surface area contributed by atoms with Gasteiger partial charge in [0.25, 0.3) is 0 Å². The van der Waals surface area contributed by atoms with Gasteiger partial charge in [-0.25, -0.2) is 0 Å². The van der Waals surface area contributed by atoms with Crippen molar-refractivity contribution in [2.45, 2.75) is 24.8 Å². The van der Waals surface area contributed by atoms with E-state index in [9.17, 15) is 14.4 Å². The quantitative estimate of drug-likeness (QED) is 0.600. The number of hydrogen-bond donors (Lipinski definition) is 2. The maximum Gasteiger partial charge on any atom is 0.325 e. The van der Waals surface area contributed by atoms with Gasteiger partial charge in [-0.2, -0.15) is 0 Å². The number of amides is 2. The van der Waals surface area contributed by atoms with E-state index >= 15 is 0 Å². The molecule has 0 aromatic rings. The van der Waals surface area contributed by atoms with Gasteiger partial charge in [0.15, 0.2) is 0 Å². The second-order valence-corrected chi connectivity index (χ2v) is 4.93. The molecule has 0 radical (unpaired) electrons. The fourth-order valence-electron chi connectivity index (χ4n) is 2.39. The number of nitrogens with two attached hydrogens (primary N) is 1. The zero-order valence-corrected chi connectivity index (χ0v) is 10.1. The van der Waals surface area contributed by atoms with Gasteiger partial charge in [0.2, 0.25) is 11.8 Å². The SMILES string of the molecule is NC1(C(=O)O)CCN(CCN2C(=O)CCC2=O)C1. The molecule has 2 saturated heterocycles. The molecule has 1 unspecified atom stereocenters. The van der Waals surface area contributed by atoms with Crippen LogP contribution in [-0.4, -0.2) is 64.4 Å². The van der Waals surface area contributed by atoms with E-state index in [0.29, 0.717) is 26.1 Å². The molecule has 2 aliphatic rings. The average molecular weight is 255 g/mol.